The van der Waals surface area contributed by atoms with E-state index in [-0.39, 0.29) is 0 Å². The Morgan fingerprint density at radius 1 is 0.895 bits per heavy atom. The van der Waals surface area contributed by atoms with Crippen molar-refractivity contribution >= 4 is 0 Å². The average molecular weight is 260 g/mol. The number of hydrogen-bond acceptors (Lipinski definition) is 2. The summed E-state index contributed by atoms with van der Waals surface area (Å²) in [7, 11) is 0. The zero-order valence-electron chi connectivity index (χ0n) is 12.1. The number of rotatable bonds is 3. The van der Waals surface area contributed by atoms with Gasteiger partial charge in [0.1, 0.15) is 0 Å². The third kappa shape index (κ3) is 2.50. The van der Waals surface area contributed by atoms with Crippen LogP contribution < -0.4 is 0 Å². The van der Waals surface area contributed by atoms with Crippen molar-refractivity contribution in [2.24, 2.45) is 17.8 Å². The van der Waals surface area contributed by atoms with E-state index in [4.69, 9.17) is 0 Å². The van der Waals surface area contributed by atoms with Gasteiger partial charge in [0.05, 0.1) is 0 Å². The summed E-state index contributed by atoms with van der Waals surface area (Å²) >= 11 is 0. The molecule has 2 bridgehead atoms. The second kappa shape index (κ2) is 5.21. The number of piperidine rings is 1. The van der Waals surface area contributed by atoms with Crippen molar-refractivity contribution in [3.8, 4) is 0 Å². The largest absolute Gasteiger partial charge is 0.303 e. The fourth-order valence-corrected chi connectivity index (χ4v) is 5.01. The van der Waals surface area contributed by atoms with Crippen LogP contribution in [0.3, 0.4) is 0 Å². The molecule has 2 nitrogen and oxygen atoms in total. The van der Waals surface area contributed by atoms with E-state index >= 15 is 0 Å². The monoisotopic (exact) mass is 260 g/mol. The van der Waals surface area contributed by atoms with Crippen molar-refractivity contribution in [3.63, 3.8) is 0 Å². The number of hydrogen-bond donors (Lipinski definition) is 0. The van der Waals surface area contributed by atoms with Gasteiger partial charge in [-0.05, 0) is 82.5 Å². The lowest BCUT2D eigenvalue weighted by molar-refractivity contribution is 0.111. The molecule has 0 amide bonds. The minimum atomic E-state index is 0.915. The number of likely N-dealkylation sites (tertiary alicyclic amines) is 2. The van der Waals surface area contributed by atoms with Crippen molar-refractivity contribution in [1.29, 1.82) is 0 Å². The van der Waals surface area contributed by atoms with E-state index in [1.165, 1.54) is 71.2 Å². The third-order valence-corrected chi connectivity index (χ3v) is 6.12. The summed E-state index contributed by atoms with van der Waals surface area (Å²) in [5.41, 5.74) is 0. The highest BCUT2D eigenvalue weighted by Crippen LogP contribution is 2.43. The van der Waals surface area contributed by atoms with Crippen LogP contribution >= 0.6 is 0 Å². The minimum Gasteiger partial charge on any atom is -0.303 e. The zero-order valence-corrected chi connectivity index (χ0v) is 12.1. The Bertz CT molecular complexity index is 337. The molecule has 0 spiro atoms. The summed E-state index contributed by atoms with van der Waals surface area (Å²) in [5.74, 6) is 2.86. The molecule has 2 aliphatic carbocycles. The molecule has 2 heteroatoms. The highest BCUT2D eigenvalue weighted by atomic mass is 15.2. The van der Waals surface area contributed by atoms with E-state index in [1.807, 2.05) is 0 Å². The summed E-state index contributed by atoms with van der Waals surface area (Å²) in [4.78, 5) is 5.53. The van der Waals surface area contributed by atoms with Crippen LogP contribution in [0, 0.1) is 17.8 Å². The van der Waals surface area contributed by atoms with Crippen LogP contribution in [0.25, 0.3) is 0 Å². The van der Waals surface area contributed by atoms with Crippen molar-refractivity contribution in [1.82, 2.24) is 9.80 Å². The summed E-state index contributed by atoms with van der Waals surface area (Å²) in [6.45, 7) is 6.86. The highest BCUT2D eigenvalue weighted by molar-refractivity contribution is 5.10. The molecule has 0 N–H and O–H groups in total. The van der Waals surface area contributed by atoms with E-state index in [1.54, 1.807) is 0 Å². The molecule has 2 saturated heterocycles. The van der Waals surface area contributed by atoms with Gasteiger partial charge in [0, 0.05) is 12.6 Å². The summed E-state index contributed by atoms with van der Waals surface area (Å²) in [5, 5.41) is 0. The number of allylic oxidation sites excluding steroid dienone is 2. The maximum absolute atomic E-state index is 2.77. The molecule has 3 atom stereocenters. The summed E-state index contributed by atoms with van der Waals surface area (Å²) in [6.07, 6.45) is 13.7. The molecule has 2 aliphatic heterocycles. The van der Waals surface area contributed by atoms with Gasteiger partial charge in [0.15, 0.2) is 0 Å². The van der Waals surface area contributed by atoms with Gasteiger partial charge in [-0.15, -0.1) is 0 Å². The zero-order chi connectivity index (χ0) is 12.7. The topological polar surface area (TPSA) is 6.48 Å². The van der Waals surface area contributed by atoms with E-state index in [0.717, 1.165) is 23.8 Å². The number of fused-ring (bicyclic) bond motifs is 2. The van der Waals surface area contributed by atoms with Crippen molar-refractivity contribution in [3.05, 3.63) is 12.2 Å². The molecule has 0 aromatic rings. The Labute approximate surface area is 117 Å². The quantitative estimate of drug-likeness (QED) is 0.720. The smallest absolute Gasteiger partial charge is 0.0120 e. The normalized spacial score (nSPS) is 40.5. The van der Waals surface area contributed by atoms with Crippen LogP contribution in [0.1, 0.15) is 38.5 Å². The van der Waals surface area contributed by atoms with E-state index in [9.17, 15) is 0 Å². The van der Waals surface area contributed by atoms with Crippen molar-refractivity contribution in [2.75, 3.05) is 32.7 Å². The standard InChI is InChI=1S/C17H28N2/c1-2-8-19(7-1)17-5-9-18(10-6-17)13-16-12-14-3-4-15(16)11-14/h3-4,14-17H,1-2,5-13H2/t14-,15+,16+/m1/s1. The minimum absolute atomic E-state index is 0.915. The lowest BCUT2D eigenvalue weighted by atomic mass is 9.92. The fourth-order valence-electron chi connectivity index (χ4n) is 5.01. The molecule has 19 heavy (non-hydrogen) atoms. The lowest BCUT2D eigenvalue weighted by Crippen LogP contribution is -2.45. The second-order valence-corrected chi connectivity index (χ2v) is 7.32. The Balaban J connectivity index is 1.25. The first-order valence-corrected chi connectivity index (χ1v) is 8.53. The van der Waals surface area contributed by atoms with Gasteiger partial charge in [-0.1, -0.05) is 12.2 Å². The van der Waals surface area contributed by atoms with Gasteiger partial charge in [0.2, 0.25) is 0 Å². The molecule has 0 aromatic heterocycles. The molecule has 4 aliphatic rings. The lowest BCUT2D eigenvalue weighted by Gasteiger charge is -2.38. The molecule has 106 valence electrons. The Kier molecular flexibility index (Phi) is 3.40. The van der Waals surface area contributed by atoms with Gasteiger partial charge in [0.25, 0.3) is 0 Å². The first-order valence-electron chi connectivity index (χ1n) is 8.53. The molecule has 2 heterocycles. The van der Waals surface area contributed by atoms with Gasteiger partial charge >= 0.3 is 0 Å². The van der Waals surface area contributed by atoms with Crippen molar-refractivity contribution in [2.45, 2.75) is 44.6 Å². The van der Waals surface area contributed by atoms with Gasteiger partial charge in [-0.3, -0.25) is 0 Å². The fraction of sp³-hybridized carbons (Fsp3) is 0.882. The number of nitrogens with zero attached hydrogens (tertiary/aromatic N) is 2. The van der Waals surface area contributed by atoms with Crippen LogP contribution in [0.5, 0.6) is 0 Å². The second-order valence-electron chi connectivity index (χ2n) is 7.32. The summed E-state index contributed by atoms with van der Waals surface area (Å²) in [6, 6.07) is 0.915. The highest BCUT2D eigenvalue weighted by Gasteiger charge is 2.37. The molecular weight excluding hydrogens is 232 g/mol. The van der Waals surface area contributed by atoms with Crippen LogP contribution in [0.15, 0.2) is 12.2 Å². The Hall–Kier alpha value is -0.340. The molecule has 0 unspecified atom stereocenters. The molecular formula is C17H28N2. The van der Waals surface area contributed by atoms with E-state index < -0.39 is 0 Å². The van der Waals surface area contributed by atoms with E-state index in [0.29, 0.717) is 0 Å². The van der Waals surface area contributed by atoms with Crippen LogP contribution in [0.4, 0.5) is 0 Å². The van der Waals surface area contributed by atoms with Crippen molar-refractivity contribution < 1.29 is 0 Å². The van der Waals surface area contributed by atoms with Gasteiger partial charge < -0.3 is 9.80 Å². The maximum atomic E-state index is 2.77. The molecule has 0 radical (unpaired) electrons. The van der Waals surface area contributed by atoms with Crippen LogP contribution in [0.2, 0.25) is 0 Å². The first-order chi connectivity index (χ1) is 9.38. The molecule has 0 aromatic carbocycles. The van der Waals surface area contributed by atoms with Crippen LogP contribution in [-0.4, -0.2) is 48.6 Å². The third-order valence-electron chi connectivity index (χ3n) is 6.12. The van der Waals surface area contributed by atoms with Crippen LogP contribution in [-0.2, 0) is 0 Å². The van der Waals surface area contributed by atoms with E-state index in [2.05, 4.69) is 22.0 Å². The van der Waals surface area contributed by atoms with Gasteiger partial charge in [-0.25, -0.2) is 0 Å². The SMILES string of the molecule is C1=C[C@H]2C[C@@H]1C[C@H]2CN1CCC(N2CCCC2)CC1. The predicted molar refractivity (Wildman–Crippen MR) is 79.1 cm³/mol. The first kappa shape index (κ1) is 12.4. The summed E-state index contributed by atoms with van der Waals surface area (Å²) < 4.78 is 0. The molecule has 1 saturated carbocycles. The Morgan fingerprint density at radius 3 is 2.32 bits per heavy atom. The Morgan fingerprint density at radius 2 is 1.68 bits per heavy atom. The van der Waals surface area contributed by atoms with Gasteiger partial charge in [-0.2, -0.15) is 0 Å². The molecule has 4 rings (SSSR count). The predicted octanol–water partition coefficient (Wildman–Crippen LogP) is 2.76. The average Bonchev–Trinajstić information content (AvgIpc) is 3.17. The maximum Gasteiger partial charge on any atom is 0.0120 e. The molecule has 3 fully saturated rings.